The molecule has 0 heterocycles. The molecular weight excluding hydrogens is 776 g/mol. The molecule has 332 valence electrons. The van der Waals surface area contributed by atoms with Gasteiger partial charge in [-0.15, -0.1) is 0 Å². The first-order valence-electron chi connectivity index (χ1n) is 20.8. The lowest BCUT2D eigenvalue weighted by Crippen LogP contribution is -2.64. The molecule has 0 amide bonds. The number of esters is 2. The molecule has 0 aliphatic heterocycles. The third-order valence-corrected chi connectivity index (χ3v) is 11.3. The molecule has 1 fully saturated rings. The normalized spacial score (nSPS) is 23.1. The summed E-state index contributed by atoms with van der Waals surface area (Å²) in [5.74, 6) is -1.22. The lowest BCUT2D eigenvalue weighted by atomic mass is 9.85. The van der Waals surface area contributed by atoms with E-state index in [4.69, 9.17) is 34.0 Å². The van der Waals surface area contributed by atoms with Crippen molar-refractivity contribution in [2.45, 2.75) is 204 Å². The van der Waals surface area contributed by atoms with Crippen LogP contribution in [0.25, 0.3) is 0 Å². The van der Waals surface area contributed by atoms with Crippen LogP contribution in [0.3, 0.4) is 0 Å². The lowest BCUT2D eigenvalue weighted by molar-refractivity contribution is -0.216. The van der Waals surface area contributed by atoms with E-state index >= 15 is 0 Å². The molecule has 0 radical (unpaired) electrons. The number of phosphoric ester groups is 2. The minimum absolute atomic E-state index is 0.0458. The Hall–Kier alpha value is -1.04. The minimum Gasteiger partial charge on any atom is -0.462 e. The van der Waals surface area contributed by atoms with Crippen LogP contribution < -0.4 is 5.73 Å². The van der Waals surface area contributed by atoms with E-state index in [-0.39, 0.29) is 12.8 Å². The molecule has 1 saturated carbocycles. The van der Waals surface area contributed by atoms with Crippen LogP contribution in [0, 0.1) is 0 Å². The van der Waals surface area contributed by atoms with Gasteiger partial charge in [-0.2, -0.15) is 0 Å². The molecule has 19 heteroatoms. The first kappa shape index (κ1) is 53.0. The molecule has 17 nitrogen and oxygen atoms in total. The summed E-state index contributed by atoms with van der Waals surface area (Å²) < 4.78 is 49.1. The molecule has 0 saturated heterocycles. The highest BCUT2D eigenvalue weighted by Crippen LogP contribution is 2.49. The van der Waals surface area contributed by atoms with Crippen LogP contribution in [0.4, 0.5) is 0 Å². The molecule has 1 rings (SSSR count). The summed E-state index contributed by atoms with van der Waals surface area (Å²) in [5.41, 5.74) is 5.52. The van der Waals surface area contributed by atoms with Gasteiger partial charge in [-0.3, -0.25) is 23.2 Å². The zero-order valence-corrected chi connectivity index (χ0v) is 35.2. The number of carbonyl (C=O) groups excluding carboxylic acids is 2. The van der Waals surface area contributed by atoms with Crippen molar-refractivity contribution in [3.8, 4) is 0 Å². The van der Waals surface area contributed by atoms with Crippen molar-refractivity contribution in [3.63, 3.8) is 0 Å². The summed E-state index contributed by atoms with van der Waals surface area (Å²) in [6.07, 6.45) is 9.00. The second kappa shape index (κ2) is 30.9. The van der Waals surface area contributed by atoms with E-state index in [0.717, 1.165) is 77.0 Å². The van der Waals surface area contributed by atoms with E-state index in [2.05, 4.69) is 11.4 Å². The Kier molecular flexibility index (Phi) is 29.3. The second-order valence-electron chi connectivity index (χ2n) is 14.9. The quantitative estimate of drug-likeness (QED) is 0.0230. The third-order valence-electron chi connectivity index (χ3n) is 9.78. The summed E-state index contributed by atoms with van der Waals surface area (Å²) in [5, 5.41) is 41.0. The molecule has 56 heavy (non-hydrogen) atoms. The van der Waals surface area contributed by atoms with Gasteiger partial charge in [-0.05, 0) is 25.8 Å². The standard InChI is InChI=1S/C37H73NO16P2/c1-2-3-4-5-6-7-8-9-10-12-16-19-22-25-31(40)52-29(27-50-30(39)24-21-18-15-13-11-14-17-20-23-26-38)28-51-56(48,49)54-37-34(43)32(41)33(42)36(35(37)44)53-55(45,46)47/h29,32-37,41-44H,2-28,38H2,1H3,(H,48,49)(H2,45,46,47)/t29-,32-,33+,34-,35+,36-,37+/m1/s1. The Morgan fingerprint density at radius 2 is 0.964 bits per heavy atom. The molecule has 0 aromatic carbocycles. The first-order valence-corrected chi connectivity index (χ1v) is 23.8. The largest absolute Gasteiger partial charge is 0.472 e. The molecule has 0 bridgehead atoms. The lowest BCUT2D eigenvalue weighted by Gasteiger charge is -2.43. The number of unbranched alkanes of at least 4 members (excludes halogenated alkanes) is 20. The van der Waals surface area contributed by atoms with Gasteiger partial charge in [0.25, 0.3) is 0 Å². The van der Waals surface area contributed by atoms with Crippen molar-refractivity contribution in [1.82, 2.24) is 0 Å². The average Bonchev–Trinajstić information content (AvgIpc) is 3.14. The molecule has 9 N–H and O–H groups in total. The SMILES string of the molecule is CCCCCCCCCCCCCCCC(=O)O[C@H](COC(=O)CCCCCCCCCCCN)COP(=O)(O)O[C@@H]1[C@@H](O)[C@H](OP(=O)(O)O)[C@@H](O)[C@@H](O)[C@H]1O. The maximum Gasteiger partial charge on any atom is 0.472 e. The van der Waals surface area contributed by atoms with Gasteiger partial charge < -0.3 is 50.3 Å². The molecule has 8 atom stereocenters. The van der Waals surface area contributed by atoms with Gasteiger partial charge in [0.05, 0.1) is 6.61 Å². The number of rotatable bonds is 35. The second-order valence-corrected chi connectivity index (χ2v) is 17.5. The predicted octanol–water partition coefficient (Wildman–Crippen LogP) is 5.22. The van der Waals surface area contributed by atoms with Crippen molar-refractivity contribution >= 4 is 27.6 Å². The van der Waals surface area contributed by atoms with Gasteiger partial charge in [0.2, 0.25) is 0 Å². The molecular formula is C37H73NO16P2. The highest BCUT2D eigenvalue weighted by molar-refractivity contribution is 7.47. The highest BCUT2D eigenvalue weighted by Gasteiger charge is 2.54. The van der Waals surface area contributed by atoms with Crippen LogP contribution in [0.2, 0.25) is 0 Å². The number of ether oxygens (including phenoxy) is 2. The third kappa shape index (κ3) is 25.4. The van der Waals surface area contributed by atoms with Crippen molar-refractivity contribution in [2.75, 3.05) is 19.8 Å². The Balaban J connectivity index is 2.65. The molecule has 0 spiro atoms. The first-order chi connectivity index (χ1) is 26.6. The van der Waals surface area contributed by atoms with Crippen LogP contribution in [0.5, 0.6) is 0 Å². The molecule has 1 unspecified atom stereocenters. The Morgan fingerprint density at radius 3 is 1.41 bits per heavy atom. The van der Waals surface area contributed by atoms with Crippen molar-refractivity contribution in [2.24, 2.45) is 5.73 Å². The summed E-state index contributed by atoms with van der Waals surface area (Å²) in [7, 11) is -10.6. The van der Waals surface area contributed by atoms with Crippen LogP contribution in [0.15, 0.2) is 0 Å². The van der Waals surface area contributed by atoms with E-state index in [0.29, 0.717) is 19.4 Å². The molecule has 0 aromatic heterocycles. The van der Waals surface area contributed by atoms with Crippen molar-refractivity contribution in [1.29, 1.82) is 0 Å². The van der Waals surface area contributed by atoms with Crippen LogP contribution >= 0.6 is 15.6 Å². The van der Waals surface area contributed by atoms with Crippen molar-refractivity contribution < 1.29 is 76.9 Å². The zero-order valence-electron chi connectivity index (χ0n) is 33.4. The van der Waals surface area contributed by atoms with E-state index in [9.17, 15) is 44.0 Å². The summed E-state index contributed by atoms with van der Waals surface area (Å²) in [6, 6.07) is 0. The van der Waals surface area contributed by atoms with Gasteiger partial charge in [-0.25, -0.2) is 9.13 Å². The average molecular weight is 850 g/mol. The molecule has 1 aliphatic carbocycles. The smallest absolute Gasteiger partial charge is 0.462 e. The van der Waals surface area contributed by atoms with E-state index in [1.54, 1.807) is 0 Å². The summed E-state index contributed by atoms with van der Waals surface area (Å²) in [6.45, 7) is 1.58. The minimum atomic E-state index is -5.36. The Morgan fingerprint density at radius 1 is 0.554 bits per heavy atom. The van der Waals surface area contributed by atoms with Crippen LogP contribution in [-0.2, 0) is 41.8 Å². The van der Waals surface area contributed by atoms with E-state index in [1.165, 1.54) is 51.4 Å². The highest BCUT2D eigenvalue weighted by atomic mass is 31.2. The summed E-state index contributed by atoms with van der Waals surface area (Å²) >= 11 is 0. The maximum absolute atomic E-state index is 12.9. The number of hydrogen-bond acceptors (Lipinski definition) is 14. The van der Waals surface area contributed by atoms with Crippen LogP contribution in [0.1, 0.15) is 161 Å². The molecule has 0 aromatic rings. The van der Waals surface area contributed by atoms with Crippen LogP contribution in [-0.4, -0.2) is 110 Å². The fourth-order valence-electron chi connectivity index (χ4n) is 6.51. The zero-order chi connectivity index (χ0) is 41.8. The number of aliphatic hydroxyl groups is 4. The van der Waals surface area contributed by atoms with Gasteiger partial charge in [0, 0.05) is 12.8 Å². The number of aliphatic hydroxyl groups excluding tert-OH is 4. The Labute approximate surface area is 333 Å². The topological polar surface area (TPSA) is 282 Å². The Bertz CT molecular complexity index is 1130. The molecule has 1 aliphatic rings. The predicted molar refractivity (Wildman–Crippen MR) is 208 cm³/mol. The number of carbonyl (C=O) groups is 2. The van der Waals surface area contributed by atoms with Gasteiger partial charge >= 0.3 is 27.6 Å². The van der Waals surface area contributed by atoms with Gasteiger partial charge in [0.15, 0.2) is 6.10 Å². The summed E-state index contributed by atoms with van der Waals surface area (Å²) in [4.78, 5) is 53.9. The van der Waals surface area contributed by atoms with Crippen molar-refractivity contribution in [3.05, 3.63) is 0 Å². The fourth-order valence-corrected chi connectivity index (χ4v) is 8.05. The number of hydrogen-bond donors (Lipinski definition) is 8. The van der Waals surface area contributed by atoms with Gasteiger partial charge in [-0.1, -0.05) is 129 Å². The number of nitrogens with two attached hydrogens (primary N) is 1. The van der Waals surface area contributed by atoms with E-state index in [1.807, 2.05) is 0 Å². The van der Waals surface area contributed by atoms with Gasteiger partial charge in [0.1, 0.15) is 43.2 Å². The monoisotopic (exact) mass is 849 g/mol. The van der Waals surface area contributed by atoms with E-state index < -0.39 is 83.5 Å². The fraction of sp³-hybridized carbons (Fsp3) is 0.946. The number of phosphoric acid groups is 2. The maximum atomic E-state index is 12.9.